The van der Waals surface area contributed by atoms with Crippen LogP contribution in [0.5, 0.6) is 23.0 Å². The van der Waals surface area contributed by atoms with Crippen LogP contribution in [-0.2, 0) is 0 Å². The first-order valence-corrected chi connectivity index (χ1v) is 17.6. The van der Waals surface area contributed by atoms with Crippen LogP contribution in [0.15, 0.2) is 107 Å². The molecule has 4 aromatic rings. The summed E-state index contributed by atoms with van der Waals surface area (Å²) in [5, 5.41) is 0. The van der Waals surface area contributed by atoms with Gasteiger partial charge in [0, 0.05) is 12.4 Å². The Morgan fingerprint density at radius 3 is 1.13 bits per heavy atom. The predicted octanol–water partition coefficient (Wildman–Crippen LogP) is 12.5. The molecule has 47 heavy (non-hydrogen) atoms. The summed E-state index contributed by atoms with van der Waals surface area (Å²) in [6, 6.07) is 31.7. The van der Waals surface area contributed by atoms with Gasteiger partial charge in [0.1, 0.15) is 23.0 Å². The second kappa shape index (κ2) is 21.4. The Labute approximate surface area is 282 Å². The van der Waals surface area contributed by atoms with Gasteiger partial charge in [-0.15, -0.1) is 0 Å². The van der Waals surface area contributed by atoms with Gasteiger partial charge in [-0.25, -0.2) is 0 Å². The molecule has 0 N–H and O–H groups in total. The van der Waals surface area contributed by atoms with E-state index in [-0.39, 0.29) is 0 Å². The Morgan fingerprint density at radius 1 is 0.404 bits per heavy atom. The average Bonchev–Trinajstić information content (AvgIpc) is 3.11. The van der Waals surface area contributed by atoms with E-state index in [1.54, 1.807) is 0 Å². The topological polar surface area (TPSA) is 52.4 Å². The third-order valence-corrected chi connectivity index (χ3v) is 7.93. The Bertz CT molecular complexity index is 1330. The maximum absolute atomic E-state index is 6.04. The number of benzene rings is 4. The second-order valence-corrected chi connectivity index (χ2v) is 12.0. The molecule has 5 nitrogen and oxygen atoms in total. The van der Waals surface area contributed by atoms with Crippen LogP contribution in [0.2, 0.25) is 0 Å². The molecular weight excluding hydrogens is 580 g/mol. The molecule has 0 aromatic heterocycles. The van der Waals surface area contributed by atoms with E-state index in [2.05, 4.69) is 23.8 Å². The number of rotatable bonds is 22. The average molecular weight is 633 g/mol. The van der Waals surface area contributed by atoms with Crippen LogP contribution in [0.25, 0.3) is 0 Å². The number of hydrogen-bond acceptors (Lipinski definition) is 5. The van der Waals surface area contributed by atoms with Crippen molar-refractivity contribution in [2.75, 3.05) is 13.2 Å². The van der Waals surface area contributed by atoms with Crippen molar-refractivity contribution in [1.29, 1.82) is 0 Å². The SMILES string of the molecule is CCCCCCCCOc1ccc(C=Nc2ccc(Oc3ccc(N=Cc4ccc(OCCCCCCCC)cc4)cc3)cc2)cc1. The van der Waals surface area contributed by atoms with Crippen molar-refractivity contribution in [2.24, 2.45) is 9.98 Å². The molecule has 4 aromatic carbocycles. The molecule has 0 spiro atoms. The number of hydrogen-bond donors (Lipinski definition) is 0. The van der Waals surface area contributed by atoms with Crippen molar-refractivity contribution in [3.63, 3.8) is 0 Å². The minimum atomic E-state index is 0.755. The Hall–Kier alpha value is -4.38. The zero-order valence-electron chi connectivity index (χ0n) is 28.4. The van der Waals surface area contributed by atoms with E-state index in [0.717, 1.165) is 71.6 Å². The highest BCUT2D eigenvalue weighted by Gasteiger charge is 2.00. The molecule has 248 valence electrons. The molecule has 0 radical (unpaired) electrons. The van der Waals surface area contributed by atoms with Gasteiger partial charge in [0.25, 0.3) is 0 Å². The highest BCUT2D eigenvalue weighted by atomic mass is 16.5. The van der Waals surface area contributed by atoms with Gasteiger partial charge < -0.3 is 14.2 Å². The molecule has 0 saturated heterocycles. The van der Waals surface area contributed by atoms with E-state index < -0.39 is 0 Å². The van der Waals surface area contributed by atoms with Gasteiger partial charge in [-0.3, -0.25) is 9.98 Å². The van der Waals surface area contributed by atoms with Crippen molar-refractivity contribution in [3.8, 4) is 23.0 Å². The zero-order valence-corrected chi connectivity index (χ0v) is 28.4. The third-order valence-electron chi connectivity index (χ3n) is 7.93. The van der Waals surface area contributed by atoms with Crippen LogP contribution in [-0.4, -0.2) is 25.6 Å². The van der Waals surface area contributed by atoms with Crippen LogP contribution in [0.3, 0.4) is 0 Å². The van der Waals surface area contributed by atoms with Gasteiger partial charge in [0.2, 0.25) is 0 Å². The van der Waals surface area contributed by atoms with Gasteiger partial charge in [0.15, 0.2) is 0 Å². The maximum Gasteiger partial charge on any atom is 0.127 e. The van der Waals surface area contributed by atoms with E-state index in [1.165, 1.54) is 64.2 Å². The predicted molar refractivity (Wildman–Crippen MR) is 198 cm³/mol. The van der Waals surface area contributed by atoms with Crippen LogP contribution in [0, 0.1) is 0 Å². The van der Waals surface area contributed by atoms with Crippen LogP contribution in [0.1, 0.15) is 102 Å². The summed E-state index contributed by atoms with van der Waals surface area (Å²) in [5.74, 6) is 3.33. The maximum atomic E-state index is 6.04. The van der Waals surface area contributed by atoms with Crippen molar-refractivity contribution >= 4 is 23.8 Å². The monoisotopic (exact) mass is 632 g/mol. The molecule has 0 unspecified atom stereocenters. The molecule has 0 atom stereocenters. The summed E-state index contributed by atoms with van der Waals surface area (Å²) in [4.78, 5) is 9.22. The zero-order chi connectivity index (χ0) is 32.8. The highest BCUT2D eigenvalue weighted by molar-refractivity contribution is 5.82. The molecule has 0 bridgehead atoms. The van der Waals surface area contributed by atoms with Crippen molar-refractivity contribution in [1.82, 2.24) is 0 Å². The summed E-state index contributed by atoms with van der Waals surface area (Å²) in [7, 11) is 0. The smallest absolute Gasteiger partial charge is 0.127 e. The highest BCUT2D eigenvalue weighted by Crippen LogP contribution is 2.26. The molecule has 0 aliphatic rings. The van der Waals surface area contributed by atoms with E-state index in [4.69, 9.17) is 14.2 Å². The van der Waals surface area contributed by atoms with Crippen molar-refractivity contribution in [2.45, 2.75) is 90.9 Å². The summed E-state index contributed by atoms with van der Waals surface area (Å²) < 4.78 is 17.8. The van der Waals surface area contributed by atoms with Gasteiger partial charge >= 0.3 is 0 Å². The third kappa shape index (κ3) is 14.3. The lowest BCUT2D eigenvalue weighted by Gasteiger charge is -2.07. The molecule has 0 aliphatic heterocycles. The molecule has 0 fully saturated rings. The molecule has 5 heteroatoms. The summed E-state index contributed by atoms with van der Waals surface area (Å²) in [5.41, 5.74) is 3.79. The fourth-order valence-electron chi connectivity index (χ4n) is 5.08. The van der Waals surface area contributed by atoms with Crippen molar-refractivity contribution in [3.05, 3.63) is 108 Å². The second-order valence-electron chi connectivity index (χ2n) is 12.0. The van der Waals surface area contributed by atoms with Gasteiger partial charge in [-0.1, -0.05) is 78.1 Å². The van der Waals surface area contributed by atoms with Crippen LogP contribution in [0.4, 0.5) is 11.4 Å². The van der Waals surface area contributed by atoms with E-state index in [9.17, 15) is 0 Å². The molecule has 0 saturated carbocycles. The van der Waals surface area contributed by atoms with Crippen LogP contribution < -0.4 is 14.2 Å². The lowest BCUT2D eigenvalue weighted by Crippen LogP contribution is -1.97. The summed E-state index contributed by atoms with van der Waals surface area (Å²) >= 11 is 0. The molecule has 0 amide bonds. The van der Waals surface area contributed by atoms with Crippen molar-refractivity contribution < 1.29 is 14.2 Å². The normalized spacial score (nSPS) is 11.4. The summed E-state index contributed by atoms with van der Waals surface area (Å²) in [6.07, 6.45) is 18.9. The Morgan fingerprint density at radius 2 is 0.745 bits per heavy atom. The molecule has 0 heterocycles. The molecular formula is C42H52N2O3. The lowest BCUT2D eigenvalue weighted by atomic mass is 10.1. The minimum Gasteiger partial charge on any atom is -0.494 e. The molecule has 4 rings (SSSR count). The fraction of sp³-hybridized carbons (Fsp3) is 0.381. The number of nitrogens with zero attached hydrogens (tertiary/aromatic N) is 2. The minimum absolute atomic E-state index is 0.755. The Balaban J connectivity index is 1.16. The van der Waals surface area contributed by atoms with Gasteiger partial charge in [-0.05, 0) is 121 Å². The quantitative estimate of drug-likeness (QED) is 0.0640. The first-order chi connectivity index (χ1) is 23.2. The Kier molecular flexibility index (Phi) is 16.2. The summed E-state index contributed by atoms with van der Waals surface area (Å²) in [6.45, 7) is 6.04. The number of aliphatic imine (C=N–C) groups is 2. The largest absolute Gasteiger partial charge is 0.494 e. The standard InChI is InChI=1S/C42H52N2O3/c1-3-5-7-9-11-13-31-45-39-23-15-35(16-24-39)33-43-37-19-27-41(28-20-37)47-42-29-21-38(22-30-42)44-34-36-17-25-40(26-18-36)46-32-14-12-10-8-6-4-2/h15-30,33-34H,3-14,31-32H2,1-2H3. The van der Waals surface area contributed by atoms with Crippen LogP contribution >= 0.6 is 0 Å². The van der Waals surface area contributed by atoms with Gasteiger partial charge in [0.05, 0.1) is 24.6 Å². The van der Waals surface area contributed by atoms with Gasteiger partial charge in [-0.2, -0.15) is 0 Å². The first kappa shape index (κ1) is 35.5. The fourth-order valence-corrected chi connectivity index (χ4v) is 5.08. The first-order valence-electron chi connectivity index (χ1n) is 17.6. The molecule has 0 aliphatic carbocycles. The van der Waals surface area contributed by atoms with E-state index in [0.29, 0.717) is 0 Å². The number of unbranched alkanes of at least 4 members (excludes halogenated alkanes) is 10. The lowest BCUT2D eigenvalue weighted by molar-refractivity contribution is 0.304. The van der Waals surface area contributed by atoms with E-state index >= 15 is 0 Å². The van der Waals surface area contributed by atoms with E-state index in [1.807, 2.05) is 109 Å². The number of ether oxygens (including phenoxy) is 3.